The Morgan fingerprint density at radius 1 is 1.22 bits per heavy atom. The molecule has 23 heavy (non-hydrogen) atoms. The predicted molar refractivity (Wildman–Crippen MR) is 94.6 cm³/mol. The number of carbonyl (C=O) groups excluding carboxylic acids is 2. The van der Waals surface area contributed by atoms with Gasteiger partial charge < -0.3 is 15.8 Å². The van der Waals surface area contributed by atoms with Crippen LogP contribution in [0.3, 0.4) is 0 Å². The number of carbonyl (C=O) groups is 2. The molecule has 3 N–H and O–H groups in total. The van der Waals surface area contributed by atoms with Gasteiger partial charge in [0, 0.05) is 16.6 Å². The van der Waals surface area contributed by atoms with Crippen LogP contribution in [-0.4, -0.2) is 37.0 Å². The number of nitrogen functional groups attached to an aromatic ring is 1. The lowest BCUT2D eigenvalue weighted by atomic mass is 10.0. The highest BCUT2D eigenvalue weighted by Gasteiger charge is 2.22. The molecule has 1 unspecified atom stereocenters. The fraction of sp³-hybridized carbons (Fsp3) is 0.294. The molecule has 0 radical (unpaired) electrons. The standard InChI is InChI=1S/C17H20N2O3S/c1-22-17(21)15(9-10-23-2)19-16(20)13-7-8-14(18)12-6-4-3-5-11(12)13/h3-8,15H,9-10,18H2,1-2H3,(H,19,20). The summed E-state index contributed by atoms with van der Waals surface area (Å²) >= 11 is 1.61. The van der Waals surface area contributed by atoms with Crippen molar-refractivity contribution in [2.24, 2.45) is 0 Å². The molecule has 2 aromatic rings. The van der Waals surface area contributed by atoms with E-state index in [1.165, 1.54) is 7.11 Å². The number of thioether (sulfide) groups is 1. The molecule has 0 saturated carbocycles. The van der Waals surface area contributed by atoms with Gasteiger partial charge in [0.05, 0.1) is 7.11 Å². The molecule has 2 aromatic carbocycles. The minimum Gasteiger partial charge on any atom is -0.467 e. The van der Waals surface area contributed by atoms with Crippen LogP contribution in [0.15, 0.2) is 36.4 Å². The zero-order valence-corrected chi connectivity index (χ0v) is 14.0. The van der Waals surface area contributed by atoms with E-state index < -0.39 is 12.0 Å². The SMILES string of the molecule is COC(=O)C(CCSC)NC(=O)c1ccc(N)c2ccccc12. The minimum absolute atomic E-state index is 0.308. The van der Waals surface area contributed by atoms with Crippen LogP contribution in [0.4, 0.5) is 5.69 Å². The molecule has 0 aromatic heterocycles. The number of anilines is 1. The molecule has 0 aliphatic rings. The van der Waals surface area contributed by atoms with Crippen LogP contribution >= 0.6 is 11.8 Å². The van der Waals surface area contributed by atoms with Crippen molar-refractivity contribution in [1.29, 1.82) is 0 Å². The molecule has 122 valence electrons. The Hall–Kier alpha value is -2.21. The Bertz CT molecular complexity index is 718. The van der Waals surface area contributed by atoms with E-state index in [1.54, 1.807) is 23.9 Å². The number of nitrogens with two attached hydrogens (primary N) is 1. The van der Waals surface area contributed by atoms with Gasteiger partial charge in [-0.1, -0.05) is 24.3 Å². The zero-order chi connectivity index (χ0) is 16.8. The van der Waals surface area contributed by atoms with Crippen LogP contribution in [-0.2, 0) is 9.53 Å². The van der Waals surface area contributed by atoms with Crippen molar-refractivity contribution in [3.05, 3.63) is 42.0 Å². The molecule has 1 atom stereocenters. The predicted octanol–water partition coefficient (Wildman–Crippen LogP) is 2.45. The number of ether oxygens (including phenoxy) is 1. The monoisotopic (exact) mass is 332 g/mol. The molecule has 2 rings (SSSR count). The summed E-state index contributed by atoms with van der Waals surface area (Å²) in [5, 5.41) is 4.34. The highest BCUT2D eigenvalue weighted by atomic mass is 32.2. The molecule has 1 amide bonds. The summed E-state index contributed by atoms with van der Waals surface area (Å²) in [7, 11) is 1.32. The molecule has 0 saturated heterocycles. The van der Waals surface area contributed by atoms with Gasteiger partial charge in [0.1, 0.15) is 6.04 Å². The molecular formula is C17H20N2O3S. The van der Waals surface area contributed by atoms with Crippen LogP contribution in [0.2, 0.25) is 0 Å². The van der Waals surface area contributed by atoms with Gasteiger partial charge >= 0.3 is 5.97 Å². The molecule has 6 heteroatoms. The normalized spacial score (nSPS) is 11.9. The van der Waals surface area contributed by atoms with Crippen LogP contribution < -0.4 is 11.1 Å². The molecule has 0 fully saturated rings. The number of fused-ring (bicyclic) bond motifs is 1. The van der Waals surface area contributed by atoms with Gasteiger partial charge in [-0.25, -0.2) is 4.79 Å². The molecule has 0 aliphatic carbocycles. The molecule has 5 nitrogen and oxygen atoms in total. The van der Waals surface area contributed by atoms with Crippen molar-refractivity contribution in [3.63, 3.8) is 0 Å². The second kappa shape index (κ2) is 7.87. The van der Waals surface area contributed by atoms with Crippen molar-refractivity contribution in [2.75, 3.05) is 24.9 Å². The molecule has 0 aliphatic heterocycles. The first-order chi connectivity index (χ1) is 11.1. The first-order valence-corrected chi connectivity index (χ1v) is 8.62. The topological polar surface area (TPSA) is 81.4 Å². The number of esters is 1. The third kappa shape index (κ3) is 3.96. The van der Waals surface area contributed by atoms with Gasteiger partial charge in [0.2, 0.25) is 0 Å². The second-order valence-corrected chi connectivity index (χ2v) is 6.06. The van der Waals surface area contributed by atoms with E-state index in [-0.39, 0.29) is 5.91 Å². The Kier molecular flexibility index (Phi) is 5.87. The van der Waals surface area contributed by atoms with Crippen molar-refractivity contribution in [3.8, 4) is 0 Å². The maximum atomic E-state index is 12.6. The number of hydrogen-bond donors (Lipinski definition) is 2. The maximum Gasteiger partial charge on any atom is 0.328 e. The maximum absolute atomic E-state index is 12.6. The van der Waals surface area contributed by atoms with E-state index in [2.05, 4.69) is 5.32 Å². The average molecular weight is 332 g/mol. The van der Waals surface area contributed by atoms with Crippen LogP contribution in [0, 0.1) is 0 Å². The summed E-state index contributed by atoms with van der Waals surface area (Å²) in [4.78, 5) is 24.4. The first kappa shape index (κ1) is 17.1. The summed E-state index contributed by atoms with van der Waals surface area (Å²) < 4.78 is 4.77. The van der Waals surface area contributed by atoms with Crippen LogP contribution in [0.25, 0.3) is 10.8 Å². The van der Waals surface area contributed by atoms with E-state index in [1.807, 2.05) is 30.5 Å². The smallest absolute Gasteiger partial charge is 0.328 e. The summed E-state index contributed by atoms with van der Waals surface area (Å²) in [6, 6.07) is 10.2. The van der Waals surface area contributed by atoms with Gasteiger partial charge in [-0.15, -0.1) is 0 Å². The van der Waals surface area contributed by atoms with Gasteiger partial charge in [-0.3, -0.25) is 4.79 Å². The van der Waals surface area contributed by atoms with Crippen molar-refractivity contribution >= 4 is 40.1 Å². The lowest BCUT2D eigenvalue weighted by Crippen LogP contribution is -2.42. The number of rotatable bonds is 6. The van der Waals surface area contributed by atoms with Gasteiger partial charge in [-0.2, -0.15) is 11.8 Å². The molecule has 0 spiro atoms. The fourth-order valence-corrected chi connectivity index (χ4v) is 2.85. The van der Waals surface area contributed by atoms with Crippen LogP contribution in [0.5, 0.6) is 0 Å². The van der Waals surface area contributed by atoms with Crippen molar-refractivity contribution < 1.29 is 14.3 Å². The Morgan fingerprint density at radius 2 is 1.91 bits per heavy atom. The molecule has 0 bridgehead atoms. The summed E-state index contributed by atoms with van der Waals surface area (Å²) in [6.45, 7) is 0. The summed E-state index contributed by atoms with van der Waals surface area (Å²) in [6.07, 6.45) is 2.47. The first-order valence-electron chi connectivity index (χ1n) is 7.23. The lowest BCUT2D eigenvalue weighted by Gasteiger charge is -2.17. The zero-order valence-electron chi connectivity index (χ0n) is 13.2. The van der Waals surface area contributed by atoms with E-state index in [9.17, 15) is 9.59 Å². The third-order valence-electron chi connectivity index (χ3n) is 3.60. The largest absolute Gasteiger partial charge is 0.467 e. The fourth-order valence-electron chi connectivity index (χ4n) is 2.38. The highest BCUT2D eigenvalue weighted by Crippen LogP contribution is 2.24. The van der Waals surface area contributed by atoms with Crippen molar-refractivity contribution in [2.45, 2.75) is 12.5 Å². The Balaban J connectivity index is 2.29. The summed E-state index contributed by atoms with van der Waals surface area (Å²) in [5.41, 5.74) is 7.06. The molecular weight excluding hydrogens is 312 g/mol. The lowest BCUT2D eigenvalue weighted by molar-refractivity contribution is -0.142. The van der Waals surface area contributed by atoms with Gasteiger partial charge in [0.25, 0.3) is 5.91 Å². The van der Waals surface area contributed by atoms with E-state index in [0.717, 1.165) is 16.5 Å². The van der Waals surface area contributed by atoms with Crippen LogP contribution in [0.1, 0.15) is 16.8 Å². The average Bonchev–Trinajstić information content (AvgIpc) is 2.58. The Labute approximate surface area is 139 Å². The quantitative estimate of drug-likeness (QED) is 0.627. The number of methoxy groups -OCH3 is 1. The van der Waals surface area contributed by atoms with E-state index in [0.29, 0.717) is 17.7 Å². The van der Waals surface area contributed by atoms with Gasteiger partial charge in [0.15, 0.2) is 0 Å². The molecule has 0 heterocycles. The minimum atomic E-state index is -0.656. The second-order valence-electron chi connectivity index (χ2n) is 5.08. The van der Waals surface area contributed by atoms with Gasteiger partial charge in [-0.05, 0) is 35.9 Å². The summed E-state index contributed by atoms with van der Waals surface area (Å²) in [5.74, 6) is 0.00701. The third-order valence-corrected chi connectivity index (χ3v) is 4.25. The number of amides is 1. The number of benzene rings is 2. The van der Waals surface area contributed by atoms with E-state index in [4.69, 9.17) is 10.5 Å². The van der Waals surface area contributed by atoms with E-state index >= 15 is 0 Å². The number of nitrogens with one attached hydrogen (secondary N) is 1. The number of hydrogen-bond acceptors (Lipinski definition) is 5. The van der Waals surface area contributed by atoms with Crippen molar-refractivity contribution in [1.82, 2.24) is 5.32 Å². The Morgan fingerprint density at radius 3 is 2.57 bits per heavy atom. The highest BCUT2D eigenvalue weighted by molar-refractivity contribution is 7.98.